The highest BCUT2D eigenvalue weighted by Gasteiger charge is 2.19. The zero-order chi connectivity index (χ0) is 12.3. The predicted octanol–water partition coefficient (Wildman–Crippen LogP) is 2.61. The maximum Gasteiger partial charge on any atom is 0.187 e. The van der Waals surface area contributed by atoms with Crippen molar-refractivity contribution in [2.45, 2.75) is 26.2 Å². The van der Waals surface area contributed by atoms with Gasteiger partial charge in [0.15, 0.2) is 5.13 Å². The maximum absolute atomic E-state index is 8.60. The molecule has 1 N–H and O–H groups in total. The SMILES string of the molecule is C[C@@H]1CCc2nc(NC=C(C#N)C#N)sc2C1. The van der Waals surface area contributed by atoms with Crippen molar-refractivity contribution in [3.05, 3.63) is 22.3 Å². The minimum Gasteiger partial charge on any atom is -0.336 e. The molecule has 0 unspecified atom stereocenters. The van der Waals surface area contributed by atoms with Gasteiger partial charge < -0.3 is 5.32 Å². The quantitative estimate of drug-likeness (QED) is 0.812. The molecule has 1 atom stereocenters. The molecule has 1 aliphatic rings. The number of rotatable bonds is 2. The number of nitrogens with zero attached hydrogens (tertiary/aromatic N) is 3. The molecule has 0 bridgehead atoms. The number of fused-ring (bicyclic) bond motifs is 1. The number of aryl methyl sites for hydroxylation is 1. The molecule has 2 rings (SSSR count). The molecule has 17 heavy (non-hydrogen) atoms. The summed E-state index contributed by atoms with van der Waals surface area (Å²) in [6.07, 6.45) is 4.71. The summed E-state index contributed by atoms with van der Waals surface area (Å²) in [5.74, 6) is 0.722. The highest BCUT2D eigenvalue weighted by atomic mass is 32.1. The van der Waals surface area contributed by atoms with Gasteiger partial charge in [0, 0.05) is 11.1 Å². The van der Waals surface area contributed by atoms with E-state index in [2.05, 4.69) is 17.2 Å². The third kappa shape index (κ3) is 2.64. The van der Waals surface area contributed by atoms with E-state index < -0.39 is 0 Å². The van der Waals surface area contributed by atoms with Crippen molar-refractivity contribution >= 4 is 16.5 Å². The average Bonchev–Trinajstić information content (AvgIpc) is 2.72. The van der Waals surface area contributed by atoms with Gasteiger partial charge in [-0.2, -0.15) is 10.5 Å². The van der Waals surface area contributed by atoms with Gasteiger partial charge in [0.2, 0.25) is 0 Å². The van der Waals surface area contributed by atoms with Crippen molar-refractivity contribution in [1.82, 2.24) is 4.98 Å². The molecule has 4 nitrogen and oxygen atoms in total. The summed E-state index contributed by atoms with van der Waals surface area (Å²) >= 11 is 1.62. The van der Waals surface area contributed by atoms with E-state index in [0.29, 0.717) is 0 Å². The van der Waals surface area contributed by atoms with E-state index in [0.717, 1.165) is 23.9 Å². The zero-order valence-electron chi connectivity index (χ0n) is 9.53. The van der Waals surface area contributed by atoms with Crippen LogP contribution in [0.4, 0.5) is 5.13 Å². The van der Waals surface area contributed by atoms with Gasteiger partial charge in [-0.05, 0) is 25.2 Å². The summed E-state index contributed by atoms with van der Waals surface area (Å²) in [4.78, 5) is 5.80. The Morgan fingerprint density at radius 2 is 2.29 bits per heavy atom. The molecule has 0 aromatic carbocycles. The van der Waals surface area contributed by atoms with Crippen LogP contribution in [0.3, 0.4) is 0 Å². The van der Waals surface area contributed by atoms with Crippen molar-refractivity contribution in [2.75, 3.05) is 5.32 Å². The van der Waals surface area contributed by atoms with Crippen LogP contribution in [0, 0.1) is 28.6 Å². The Morgan fingerprint density at radius 3 is 3.00 bits per heavy atom. The number of anilines is 1. The van der Waals surface area contributed by atoms with Crippen LogP contribution in [-0.4, -0.2) is 4.98 Å². The first-order chi connectivity index (χ1) is 8.22. The topological polar surface area (TPSA) is 72.5 Å². The van der Waals surface area contributed by atoms with Gasteiger partial charge in [-0.15, -0.1) is 11.3 Å². The van der Waals surface area contributed by atoms with Crippen LogP contribution in [0.1, 0.15) is 23.9 Å². The Labute approximate surface area is 104 Å². The number of hydrogen-bond donors (Lipinski definition) is 1. The summed E-state index contributed by atoms with van der Waals surface area (Å²) < 4.78 is 0. The molecule has 0 radical (unpaired) electrons. The lowest BCUT2D eigenvalue weighted by molar-refractivity contribution is 0.502. The van der Waals surface area contributed by atoms with E-state index in [4.69, 9.17) is 10.5 Å². The van der Waals surface area contributed by atoms with Gasteiger partial charge in [-0.1, -0.05) is 6.92 Å². The molecule has 1 aromatic heterocycles. The van der Waals surface area contributed by atoms with Gasteiger partial charge in [0.25, 0.3) is 0 Å². The lowest BCUT2D eigenvalue weighted by Crippen LogP contribution is -2.09. The molecular formula is C12H12N4S. The Kier molecular flexibility index (Phi) is 3.41. The number of nitrogens with one attached hydrogen (secondary N) is 1. The van der Waals surface area contributed by atoms with Crippen LogP contribution < -0.4 is 5.32 Å². The van der Waals surface area contributed by atoms with Crippen LogP contribution in [0.5, 0.6) is 0 Å². The standard InChI is InChI=1S/C12H12N4S/c1-8-2-3-10-11(4-8)17-12(16-10)15-7-9(5-13)6-14/h7-8H,2-4H2,1H3,(H,15,16)/t8-/m1/s1. The Balaban J connectivity index is 2.12. The molecule has 0 saturated heterocycles. The third-order valence-corrected chi connectivity index (χ3v) is 3.82. The molecule has 86 valence electrons. The second kappa shape index (κ2) is 4.99. The van der Waals surface area contributed by atoms with Crippen molar-refractivity contribution in [2.24, 2.45) is 5.92 Å². The summed E-state index contributed by atoms with van der Waals surface area (Å²) in [6.45, 7) is 2.25. The minimum atomic E-state index is 0.0616. The lowest BCUT2D eigenvalue weighted by Gasteiger charge is -2.15. The first kappa shape index (κ1) is 11.6. The fourth-order valence-corrected chi connectivity index (χ4v) is 2.97. The Morgan fingerprint density at radius 1 is 1.53 bits per heavy atom. The molecule has 0 aliphatic heterocycles. The first-order valence-corrected chi connectivity index (χ1v) is 6.30. The number of hydrogen-bond acceptors (Lipinski definition) is 5. The number of allylic oxidation sites excluding steroid dienone is 1. The van der Waals surface area contributed by atoms with Crippen LogP contribution in [0.2, 0.25) is 0 Å². The highest BCUT2D eigenvalue weighted by molar-refractivity contribution is 7.15. The maximum atomic E-state index is 8.60. The number of aromatic nitrogens is 1. The molecule has 0 fully saturated rings. The van der Waals surface area contributed by atoms with Crippen molar-refractivity contribution in [1.29, 1.82) is 10.5 Å². The minimum absolute atomic E-state index is 0.0616. The molecular weight excluding hydrogens is 232 g/mol. The Hall–Kier alpha value is -1.85. The fraction of sp³-hybridized carbons (Fsp3) is 0.417. The molecule has 1 heterocycles. The summed E-state index contributed by atoms with van der Waals surface area (Å²) in [5, 5.41) is 20.9. The monoisotopic (exact) mass is 244 g/mol. The van der Waals surface area contributed by atoms with E-state index in [9.17, 15) is 0 Å². The fourth-order valence-electron chi connectivity index (χ4n) is 1.83. The van der Waals surface area contributed by atoms with E-state index in [-0.39, 0.29) is 5.57 Å². The van der Waals surface area contributed by atoms with Gasteiger partial charge in [-0.3, -0.25) is 0 Å². The van der Waals surface area contributed by atoms with Gasteiger partial charge >= 0.3 is 0 Å². The predicted molar refractivity (Wildman–Crippen MR) is 66.2 cm³/mol. The molecule has 1 aromatic rings. The molecule has 0 saturated carbocycles. The van der Waals surface area contributed by atoms with Crippen molar-refractivity contribution in [3.63, 3.8) is 0 Å². The van der Waals surface area contributed by atoms with Crippen LogP contribution in [-0.2, 0) is 12.8 Å². The highest BCUT2D eigenvalue weighted by Crippen LogP contribution is 2.32. The van der Waals surface area contributed by atoms with E-state index in [1.54, 1.807) is 23.5 Å². The largest absolute Gasteiger partial charge is 0.336 e. The zero-order valence-corrected chi connectivity index (χ0v) is 10.3. The smallest absolute Gasteiger partial charge is 0.187 e. The summed E-state index contributed by atoms with van der Waals surface area (Å²) in [6, 6.07) is 3.61. The Bertz CT molecular complexity index is 514. The van der Waals surface area contributed by atoms with E-state index in [1.807, 2.05) is 0 Å². The van der Waals surface area contributed by atoms with E-state index >= 15 is 0 Å². The van der Waals surface area contributed by atoms with Crippen molar-refractivity contribution < 1.29 is 0 Å². The van der Waals surface area contributed by atoms with Gasteiger partial charge in [0.05, 0.1) is 5.69 Å². The van der Waals surface area contributed by atoms with Crippen LogP contribution in [0.25, 0.3) is 0 Å². The molecule has 1 aliphatic carbocycles. The first-order valence-electron chi connectivity index (χ1n) is 5.48. The number of thiazole rings is 1. The second-order valence-corrected chi connectivity index (χ2v) is 5.25. The lowest BCUT2D eigenvalue weighted by atomic mass is 9.93. The molecule has 5 heteroatoms. The normalized spacial score (nSPS) is 17.5. The second-order valence-electron chi connectivity index (χ2n) is 4.16. The van der Waals surface area contributed by atoms with Gasteiger partial charge in [0.1, 0.15) is 17.7 Å². The van der Waals surface area contributed by atoms with Crippen LogP contribution >= 0.6 is 11.3 Å². The average molecular weight is 244 g/mol. The summed E-state index contributed by atoms with van der Waals surface area (Å²) in [7, 11) is 0. The third-order valence-electron chi connectivity index (χ3n) is 2.77. The van der Waals surface area contributed by atoms with Crippen LogP contribution in [0.15, 0.2) is 11.8 Å². The molecule has 0 spiro atoms. The van der Waals surface area contributed by atoms with E-state index in [1.165, 1.54) is 23.2 Å². The van der Waals surface area contributed by atoms with Gasteiger partial charge in [-0.25, -0.2) is 4.98 Å². The van der Waals surface area contributed by atoms with Crippen molar-refractivity contribution in [3.8, 4) is 12.1 Å². The summed E-state index contributed by atoms with van der Waals surface area (Å²) in [5.41, 5.74) is 1.23. The molecule has 0 amide bonds. The number of nitriles is 2.